The molecule has 3 nitrogen and oxygen atoms in total. The Morgan fingerprint density at radius 3 is 3.05 bits per heavy atom. The van der Waals surface area contributed by atoms with E-state index in [4.69, 9.17) is 4.74 Å². The average molecular weight is 274 g/mol. The van der Waals surface area contributed by atoms with Crippen LogP contribution in [0, 0.1) is 5.41 Å². The molecule has 110 valence electrons. The van der Waals surface area contributed by atoms with Crippen LogP contribution in [0.25, 0.3) is 0 Å². The molecule has 0 spiro atoms. The molecule has 0 saturated heterocycles. The molecule has 1 aromatic rings. The summed E-state index contributed by atoms with van der Waals surface area (Å²) >= 11 is 0. The number of anilines is 1. The number of para-hydroxylation sites is 1. The number of nitrogens with one attached hydrogen (secondary N) is 2. The molecule has 0 unspecified atom stereocenters. The first kappa shape index (κ1) is 13.9. The van der Waals surface area contributed by atoms with Gasteiger partial charge in [0.25, 0.3) is 0 Å². The molecule has 0 atom stereocenters. The molecule has 0 radical (unpaired) electrons. The third-order valence-electron chi connectivity index (χ3n) is 4.77. The van der Waals surface area contributed by atoms with Crippen molar-refractivity contribution in [1.82, 2.24) is 5.32 Å². The fourth-order valence-corrected chi connectivity index (χ4v) is 3.20. The zero-order chi connectivity index (χ0) is 13.8. The van der Waals surface area contributed by atoms with Crippen molar-refractivity contribution in [2.24, 2.45) is 5.41 Å². The van der Waals surface area contributed by atoms with Crippen molar-refractivity contribution in [2.75, 3.05) is 32.1 Å². The molecule has 2 aliphatic rings. The minimum atomic E-state index is 0.526. The van der Waals surface area contributed by atoms with E-state index in [0.717, 1.165) is 26.2 Å². The van der Waals surface area contributed by atoms with Crippen LogP contribution in [-0.4, -0.2) is 26.8 Å². The second-order valence-electron chi connectivity index (χ2n) is 6.33. The number of aryl methyl sites for hydroxylation is 1. The number of hydrogen-bond acceptors (Lipinski definition) is 3. The Labute approximate surface area is 122 Å². The van der Waals surface area contributed by atoms with E-state index in [1.54, 1.807) is 7.11 Å². The van der Waals surface area contributed by atoms with Crippen LogP contribution in [0.3, 0.4) is 0 Å². The van der Waals surface area contributed by atoms with Gasteiger partial charge in [-0.15, -0.1) is 0 Å². The van der Waals surface area contributed by atoms with Gasteiger partial charge in [0.15, 0.2) is 0 Å². The summed E-state index contributed by atoms with van der Waals surface area (Å²) in [5, 5.41) is 7.24. The maximum atomic E-state index is 5.22. The number of rotatable bonds is 7. The maximum absolute atomic E-state index is 5.22. The zero-order valence-electron chi connectivity index (χ0n) is 12.5. The highest BCUT2D eigenvalue weighted by molar-refractivity contribution is 5.59. The molecular weight excluding hydrogens is 248 g/mol. The third-order valence-corrected chi connectivity index (χ3v) is 4.77. The van der Waals surface area contributed by atoms with Gasteiger partial charge in [-0.25, -0.2) is 0 Å². The molecule has 0 aromatic heterocycles. The van der Waals surface area contributed by atoms with Crippen LogP contribution in [0.1, 0.15) is 36.8 Å². The van der Waals surface area contributed by atoms with Gasteiger partial charge >= 0.3 is 0 Å². The van der Waals surface area contributed by atoms with Crippen LogP contribution in [0.5, 0.6) is 0 Å². The third kappa shape index (κ3) is 3.15. The molecule has 0 bridgehead atoms. The highest BCUT2D eigenvalue weighted by Gasteiger charge is 2.41. The van der Waals surface area contributed by atoms with Gasteiger partial charge in [-0.3, -0.25) is 0 Å². The molecule has 1 heterocycles. The maximum Gasteiger partial charge on any atom is 0.0468 e. The van der Waals surface area contributed by atoms with Crippen LogP contribution < -0.4 is 10.6 Å². The van der Waals surface area contributed by atoms with Gasteiger partial charge in [-0.05, 0) is 48.6 Å². The lowest BCUT2D eigenvalue weighted by Gasteiger charge is -2.22. The van der Waals surface area contributed by atoms with E-state index < -0.39 is 0 Å². The second kappa shape index (κ2) is 6.15. The fourth-order valence-electron chi connectivity index (χ4n) is 3.20. The highest BCUT2D eigenvalue weighted by Crippen LogP contribution is 2.48. The van der Waals surface area contributed by atoms with E-state index >= 15 is 0 Å². The number of methoxy groups -OCH3 is 1. The van der Waals surface area contributed by atoms with E-state index in [-0.39, 0.29) is 0 Å². The molecule has 1 aliphatic carbocycles. The summed E-state index contributed by atoms with van der Waals surface area (Å²) in [5.74, 6) is 0. The summed E-state index contributed by atoms with van der Waals surface area (Å²) in [6.07, 6.45) is 6.38. The van der Waals surface area contributed by atoms with Gasteiger partial charge in [0, 0.05) is 39.0 Å². The Hall–Kier alpha value is -1.06. The second-order valence-corrected chi connectivity index (χ2v) is 6.33. The standard InChI is InChI=1S/C17H26N2O/c1-20-11-9-17(7-8-17)13-18-12-15-5-2-4-14-6-3-10-19-16(14)15/h2,4-5,18-19H,3,6-13H2,1H3. The van der Waals surface area contributed by atoms with Crippen molar-refractivity contribution in [2.45, 2.75) is 38.6 Å². The summed E-state index contributed by atoms with van der Waals surface area (Å²) < 4.78 is 5.22. The summed E-state index contributed by atoms with van der Waals surface area (Å²) in [5.41, 5.74) is 4.81. The molecule has 1 aliphatic heterocycles. The molecule has 1 saturated carbocycles. The van der Waals surface area contributed by atoms with Gasteiger partial charge in [-0.1, -0.05) is 18.2 Å². The quantitative estimate of drug-likeness (QED) is 0.802. The first-order valence-electron chi connectivity index (χ1n) is 7.87. The molecule has 3 rings (SSSR count). The summed E-state index contributed by atoms with van der Waals surface area (Å²) in [6.45, 7) is 4.11. The van der Waals surface area contributed by atoms with E-state index in [1.165, 1.54) is 48.9 Å². The smallest absolute Gasteiger partial charge is 0.0468 e. The van der Waals surface area contributed by atoms with E-state index in [2.05, 4.69) is 28.8 Å². The minimum Gasteiger partial charge on any atom is -0.385 e. The van der Waals surface area contributed by atoms with Crippen LogP contribution in [0.15, 0.2) is 18.2 Å². The molecule has 0 amide bonds. The Morgan fingerprint density at radius 2 is 2.25 bits per heavy atom. The Kier molecular flexibility index (Phi) is 4.27. The Bertz CT molecular complexity index is 454. The first-order valence-corrected chi connectivity index (χ1v) is 7.87. The summed E-state index contributed by atoms with van der Waals surface area (Å²) in [7, 11) is 1.80. The lowest BCUT2D eigenvalue weighted by molar-refractivity contribution is 0.171. The molecule has 2 N–H and O–H groups in total. The lowest BCUT2D eigenvalue weighted by atomic mass is 9.99. The number of ether oxygens (including phenoxy) is 1. The van der Waals surface area contributed by atoms with Crippen molar-refractivity contribution in [3.05, 3.63) is 29.3 Å². The van der Waals surface area contributed by atoms with Crippen molar-refractivity contribution in [3.63, 3.8) is 0 Å². The van der Waals surface area contributed by atoms with E-state index in [1.807, 2.05) is 0 Å². The molecule has 3 heteroatoms. The van der Waals surface area contributed by atoms with Crippen molar-refractivity contribution in [1.29, 1.82) is 0 Å². The number of benzene rings is 1. The van der Waals surface area contributed by atoms with Gasteiger partial charge < -0.3 is 15.4 Å². The fraction of sp³-hybridized carbons (Fsp3) is 0.647. The van der Waals surface area contributed by atoms with E-state index in [0.29, 0.717) is 5.41 Å². The van der Waals surface area contributed by atoms with E-state index in [9.17, 15) is 0 Å². The zero-order valence-corrected chi connectivity index (χ0v) is 12.5. The summed E-state index contributed by atoms with van der Waals surface area (Å²) in [4.78, 5) is 0. The largest absolute Gasteiger partial charge is 0.385 e. The topological polar surface area (TPSA) is 33.3 Å². The number of hydrogen-bond donors (Lipinski definition) is 2. The monoisotopic (exact) mass is 274 g/mol. The Balaban J connectivity index is 1.54. The highest BCUT2D eigenvalue weighted by atomic mass is 16.5. The molecular formula is C17H26N2O. The molecule has 1 fully saturated rings. The predicted molar refractivity (Wildman–Crippen MR) is 83.1 cm³/mol. The van der Waals surface area contributed by atoms with Gasteiger partial charge in [0.05, 0.1) is 0 Å². The van der Waals surface area contributed by atoms with Crippen LogP contribution in [0.4, 0.5) is 5.69 Å². The van der Waals surface area contributed by atoms with Gasteiger partial charge in [0.1, 0.15) is 0 Å². The first-order chi connectivity index (χ1) is 9.83. The minimum absolute atomic E-state index is 0.526. The van der Waals surface area contributed by atoms with Crippen molar-refractivity contribution >= 4 is 5.69 Å². The normalized spacial score (nSPS) is 19.2. The Morgan fingerprint density at radius 1 is 1.35 bits per heavy atom. The van der Waals surface area contributed by atoms with Crippen LogP contribution in [0.2, 0.25) is 0 Å². The average Bonchev–Trinajstić information content (AvgIpc) is 3.26. The van der Waals surface area contributed by atoms with Crippen molar-refractivity contribution < 1.29 is 4.74 Å². The number of fused-ring (bicyclic) bond motifs is 1. The lowest BCUT2D eigenvalue weighted by Crippen LogP contribution is -2.25. The molecule has 1 aromatic carbocycles. The summed E-state index contributed by atoms with van der Waals surface area (Å²) in [6, 6.07) is 6.70. The van der Waals surface area contributed by atoms with Crippen LogP contribution >= 0.6 is 0 Å². The van der Waals surface area contributed by atoms with Crippen LogP contribution in [-0.2, 0) is 17.7 Å². The predicted octanol–water partition coefficient (Wildman–Crippen LogP) is 2.95. The van der Waals surface area contributed by atoms with Crippen molar-refractivity contribution in [3.8, 4) is 0 Å². The SMILES string of the molecule is COCCC1(CNCc2cccc3c2NCCC3)CC1. The van der Waals surface area contributed by atoms with Gasteiger partial charge in [0.2, 0.25) is 0 Å². The molecule has 20 heavy (non-hydrogen) atoms. The van der Waals surface area contributed by atoms with Gasteiger partial charge in [-0.2, -0.15) is 0 Å².